The summed E-state index contributed by atoms with van der Waals surface area (Å²) in [6, 6.07) is 29.3. The molecule has 0 aliphatic rings. The minimum Gasteiger partial charge on any atom is -0.475 e. The van der Waals surface area contributed by atoms with Crippen LogP contribution in [0.3, 0.4) is 0 Å². The van der Waals surface area contributed by atoms with Gasteiger partial charge in [-0.15, -0.1) is 0 Å². The Morgan fingerprint density at radius 3 is 1.68 bits per heavy atom. The molecule has 8 nitrogen and oxygen atoms in total. The van der Waals surface area contributed by atoms with Crippen molar-refractivity contribution in [3.05, 3.63) is 96.1 Å². The SMILES string of the molecule is OCCOCCOCCOCCOCCOc1c2ccccc2nn1CCC(c1ccccc1)c1ccccc1. The second kappa shape index (κ2) is 17.4. The average Bonchev–Trinajstić information content (AvgIpc) is 3.36. The van der Waals surface area contributed by atoms with Crippen LogP contribution in [0.25, 0.3) is 10.9 Å². The second-order valence-corrected chi connectivity index (χ2v) is 9.23. The molecule has 0 saturated heterocycles. The van der Waals surface area contributed by atoms with Gasteiger partial charge in [-0.05, 0) is 29.7 Å². The Morgan fingerprint density at radius 1 is 0.600 bits per heavy atom. The van der Waals surface area contributed by atoms with Crippen molar-refractivity contribution in [2.75, 3.05) is 66.1 Å². The fourth-order valence-electron chi connectivity index (χ4n) is 4.53. The van der Waals surface area contributed by atoms with Crippen LogP contribution in [0.4, 0.5) is 0 Å². The number of hydrogen-bond donors (Lipinski definition) is 1. The van der Waals surface area contributed by atoms with E-state index in [1.54, 1.807) is 0 Å². The molecule has 0 fully saturated rings. The highest BCUT2D eigenvalue weighted by atomic mass is 16.6. The van der Waals surface area contributed by atoms with Gasteiger partial charge >= 0.3 is 0 Å². The zero-order valence-electron chi connectivity index (χ0n) is 23.0. The molecule has 4 aromatic rings. The van der Waals surface area contributed by atoms with Crippen molar-refractivity contribution in [3.8, 4) is 5.88 Å². The van der Waals surface area contributed by atoms with Gasteiger partial charge in [-0.25, -0.2) is 4.68 Å². The van der Waals surface area contributed by atoms with Gasteiger partial charge < -0.3 is 28.8 Å². The van der Waals surface area contributed by atoms with E-state index in [9.17, 15) is 0 Å². The van der Waals surface area contributed by atoms with Crippen molar-refractivity contribution in [1.29, 1.82) is 0 Å². The van der Waals surface area contributed by atoms with Gasteiger partial charge in [0.25, 0.3) is 0 Å². The van der Waals surface area contributed by atoms with Crippen LogP contribution in [0.1, 0.15) is 23.5 Å². The van der Waals surface area contributed by atoms with Crippen LogP contribution in [-0.2, 0) is 25.5 Å². The monoisotopic (exact) mass is 548 g/mol. The van der Waals surface area contributed by atoms with E-state index in [0.717, 1.165) is 29.7 Å². The summed E-state index contributed by atoms with van der Waals surface area (Å²) in [4.78, 5) is 0. The van der Waals surface area contributed by atoms with Crippen LogP contribution in [0.2, 0.25) is 0 Å². The van der Waals surface area contributed by atoms with Crippen molar-refractivity contribution in [1.82, 2.24) is 9.78 Å². The zero-order valence-corrected chi connectivity index (χ0v) is 23.0. The van der Waals surface area contributed by atoms with E-state index in [4.69, 9.17) is 33.9 Å². The van der Waals surface area contributed by atoms with E-state index >= 15 is 0 Å². The van der Waals surface area contributed by atoms with Crippen LogP contribution in [0, 0.1) is 0 Å². The summed E-state index contributed by atoms with van der Waals surface area (Å²) in [5.41, 5.74) is 3.51. The molecule has 214 valence electrons. The molecule has 0 aliphatic carbocycles. The third kappa shape index (κ3) is 9.43. The molecule has 0 saturated carbocycles. The van der Waals surface area contributed by atoms with Gasteiger partial charge in [-0.1, -0.05) is 72.8 Å². The van der Waals surface area contributed by atoms with Gasteiger partial charge in [0.05, 0.1) is 70.4 Å². The third-order valence-electron chi connectivity index (χ3n) is 6.45. The van der Waals surface area contributed by atoms with Crippen molar-refractivity contribution >= 4 is 10.9 Å². The molecule has 40 heavy (non-hydrogen) atoms. The number of nitrogens with zero attached hydrogens (tertiary/aromatic N) is 2. The fraction of sp³-hybridized carbons (Fsp3) is 0.406. The van der Waals surface area contributed by atoms with Crippen molar-refractivity contribution in [2.45, 2.75) is 18.9 Å². The van der Waals surface area contributed by atoms with E-state index in [2.05, 4.69) is 66.7 Å². The number of hydrogen-bond acceptors (Lipinski definition) is 7. The normalized spacial score (nSPS) is 11.4. The first-order chi connectivity index (χ1) is 19.9. The van der Waals surface area contributed by atoms with Gasteiger partial charge in [0.1, 0.15) is 6.61 Å². The molecule has 0 amide bonds. The minimum atomic E-state index is 0.0261. The highest BCUT2D eigenvalue weighted by molar-refractivity contribution is 5.84. The predicted molar refractivity (Wildman–Crippen MR) is 155 cm³/mol. The molecule has 0 atom stereocenters. The molecule has 0 radical (unpaired) electrons. The molecule has 1 heterocycles. The number of fused-ring (bicyclic) bond motifs is 1. The maximum absolute atomic E-state index is 8.65. The molecule has 4 rings (SSSR count). The molecule has 0 spiro atoms. The lowest BCUT2D eigenvalue weighted by molar-refractivity contribution is -0.00798. The summed E-state index contributed by atoms with van der Waals surface area (Å²) >= 11 is 0. The fourth-order valence-corrected chi connectivity index (χ4v) is 4.53. The topological polar surface area (TPSA) is 84.2 Å². The first-order valence-corrected chi connectivity index (χ1v) is 14.0. The highest BCUT2D eigenvalue weighted by Crippen LogP contribution is 2.31. The Labute approximate surface area is 236 Å². The smallest absolute Gasteiger partial charge is 0.219 e. The number of benzene rings is 3. The van der Waals surface area contributed by atoms with Gasteiger partial charge in [0, 0.05) is 12.5 Å². The molecule has 1 aromatic heterocycles. The minimum absolute atomic E-state index is 0.0261. The molecule has 0 aliphatic heterocycles. The first kappa shape index (κ1) is 29.7. The van der Waals surface area contributed by atoms with E-state index in [0.29, 0.717) is 59.5 Å². The molecule has 0 bridgehead atoms. The summed E-state index contributed by atoms with van der Waals surface area (Å²) in [5.74, 6) is 1.03. The van der Waals surface area contributed by atoms with Gasteiger partial charge in [-0.3, -0.25) is 0 Å². The summed E-state index contributed by atoms with van der Waals surface area (Å²) < 4.78 is 30.0. The van der Waals surface area contributed by atoms with E-state index in [-0.39, 0.29) is 12.5 Å². The summed E-state index contributed by atoms with van der Waals surface area (Å²) in [6.07, 6.45) is 0.894. The lowest BCUT2D eigenvalue weighted by Crippen LogP contribution is -2.15. The Kier molecular flexibility index (Phi) is 12.9. The summed E-state index contributed by atoms with van der Waals surface area (Å²) in [7, 11) is 0. The number of aliphatic hydroxyl groups excluding tert-OH is 1. The number of ether oxygens (including phenoxy) is 5. The Balaban J connectivity index is 1.24. The van der Waals surface area contributed by atoms with Crippen molar-refractivity contribution in [3.63, 3.8) is 0 Å². The Bertz CT molecular complexity index is 1180. The van der Waals surface area contributed by atoms with Gasteiger partial charge in [0.15, 0.2) is 0 Å². The lowest BCUT2D eigenvalue weighted by Gasteiger charge is -2.19. The standard InChI is InChI=1S/C32H40N2O6/c35-17-18-36-19-20-37-21-22-38-23-24-39-25-26-40-32-30-13-7-8-14-31(30)33-34(32)16-15-29(27-9-3-1-4-10-27)28-11-5-2-6-12-28/h1-14,29,35H,15-26H2. The third-order valence-corrected chi connectivity index (χ3v) is 6.45. The van der Waals surface area contributed by atoms with Crippen LogP contribution in [0.5, 0.6) is 5.88 Å². The Hall–Kier alpha value is -3.27. The Morgan fingerprint density at radius 2 is 1.10 bits per heavy atom. The largest absolute Gasteiger partial charge is 0.475 e. The lowest BCUT2D eigenvalue weighted by atomic mass is 9.88. The predicted octanol–water partition coefficient (Wildman–Crippen LogP) is 4.70. The number of aryl methyl sites for hydroxylation is 1. The highest BCUT2D eigenvalue weighted by Gasteiger charge is 2.17. The van der Waals surface area contributed by atoms with E-state index < -0.39 is 0 Å². The molecule has 3 aromatic carbocycles. The van der Waals surface area contributed by atoms with Gasteiger partial charge in [-0.2, -0.15) is 5.10 Å². The first-order valence-electron chi connectivity index (χ1n) is 14.0. The molecule has 1 N–H and O–H groups in total. The average molecular weight is 549 g/mol. The van der Waals surface area contributed by atoms with Crippen LogP contribution in [-0.4, -0.2) is 81.0 Å². The number of aliphatic hydroxyl groups is 1. The second-order valence-electron chi connectivity index (χ2n) is 9.23. The molecular weight excluding hydrogens is 508 g/mol. The van der Waals surface area contributed by atoms with Crippen molar-refractivity contribution < 1.29 is 28.8 Å². The molecule has 8 heteroatoms. The summed E-state index contributed by atoms with van der Waals surface area (Å²) in [5, 5.41) is 14.5. The molecule has 0 unspecified atom stereocenters. The van der Waals surface area contributed by atoms with E-state index in [1.165, 1.54) is 11.1 Å². The maximum atomic E-state index is 8.65. The number of aromatic nitrogens is 2. The number of rotatable bonds is 20. The van der Waals surface area contributed by atoms with Gasteiger partial charge in [0.2, 0.25) is 5.88 Å². The maximum Gasteiger partial charge on any atom is 0.219 e. The summed E-state index contributed by atoms with van der Waals surface area (Å²) in [6.45, 7) is 4.90. The van der Waals surface area contributed by atoms with Crippen molar-refractivity contribution in [2.24, 2.45) is 0 Å². The molecular formula is C32H40N2O6. The van der Waals surface area contributed by atoms with Crippen LogP contribution in [0.15, 0.2) is 84.9 Å². The van der Waals surface area contributed by atoms with E-state index in [1.807, 2.05) is 22.9 Å². The van der Waals surface area contributed by atoms with Crippen LogP contribution >= 0.6 is 0 Å². The zero-order chi connectivity index (χ0) is 27.7. The quantitative estimate of drug-likeness (QED) is 0.160. The van der Waals surface area contributed by atoms with Crippen LogP contribution < -0.4 is 4.74 Å².